The zero-order chi connectivity index (χ0) is 15.4. The lowest BCUT2D eigenvalue weighted by Gasteiger charge is -2.08. The van der Waals surface area contributed by atoms with Crippen molar-refractivity contribution in [3.05, 3.63) is 51.2 Å². The Morgan fingerprint density at radius 1 is 1.14 bits per heavy atom. The molecule has 0 atom stereocenters. The molecule has 1 aromatic carbocycles. The number of rotatable bonds is 3. The second-order valence-corrected chi connectivity index (χ2v) is 4.85. The number of hydrogen-bond acceptors (Lipinski definition) is 3. The first-order valence-corrected chi connectivity index (χ1v) is 6.63. The quantitative estimate of drug-likeness (QED) is 0.536. The maximum absolute atomic E-state index is 13.4. The molecule has 0 unspecified atom stereocenters. The van der Waals surface area contributed by atoms with E-state index in [-0.39, 0.29) is 19.2 Å². The van der Waals surface area contributed by atoms with Crippen LogP contribution < -0.4 is 10.5 Å². The first-order chi connectivity index (χ1) is 10.0. The van der Waals surface area contributed by atoms with Crippen LogP contribution in [0.4, 0.5) is 17.6 Å². The van der Waals surface area contributed by atoms with E-state index in [2.05, 4.69) is 11.8 Å². The summed E-state index contributed by atoms with van der Waals surface area (Å²) >= 11 is 1.24. The molecule has 0 aliphatic carbocycles. The highest BCUT2D eigenvalue weighted by Gasteiger charge is 2.21. The predicted molar refractivity (Wildman–Crippen MR) is 70.9 cm³/mol. The Morgan fingerprint density at radius 3 is 2.43 bits per heavy atom. The summed E-state index contributed by atoms with van der Waals surface area (Å²) in [6, 6.07) is 1.81. The summed E-state index contributed by atoms with van der Waals surface area (Å²) in [6.45, 7) is -0.0997. The van der Waals surface area contributed by atoms with Crippen molar-refractivity contribution >= 4 is 11.3 Å². The Labute approximate surface area is 122 Å². The molecule has 7 heteroatoms. The summed E-state index contributed by atoms with van der Waals surface area (Å²) in [5, 5.41) is 1.71. The van der Waals surface area contributed by atoms with Gasteiger partial charge in [-0.2, -0.15) is 8.78 Å². The van der Waals surface area contributed by atoms with Crippen molar-refractivity contribution in [3.8, 4) is 17.6 Å². The second-order valence-electron chi connectivity index (χ2n) is 3.85. The van der Waals surface area contributed by atoms with Crippen molar-refractivity contribution in [3.63, 3.8) is 0 Å². The van der Waals surface area contributed by atoms with Gasteiger partial charge < -0.3 is 10.5 Å². The average molecular weight is 315 g/mol. The number of hydrogen-bond donors (Lipinski definition) is 1. The fourth-order valence-electron chi connectivity index (χ4n) is 1.53. The lowest BCUT2D eigenvalue weighted by atomic mass is 10.2. The fourth-order valence-corrected chi connectivity index (χ4v) is 2.27. The van der Waals surface area contributed by atoms with Crippen molar-refractivity contribution in [1.82, 2.24) is 0 Å². The van der Waals surface area contributed by atoms with Crippen LogP contribution in [0.2, 0.25) is 0 Å². The van der Waals surface area contributed by atoms with Gasteiger partial charge in [0.1, 0.15) is 6.61 Å². The molecular weight excluding hydrogens is 306 g/mol. The monoisotopic (exact) mass is 315 g/mol. The minimum atomic E-state index is -1.57. The molecule has 2 rings (SSSR count). The molecule has 2 nitrogen and oxygen atoms in total. The zero-order valence-corrected chi connectivity index (χ0v) is 11.4. The van der Waals surface area contributed by atoms with Crippen LogP contribution in [0, 0.1) is 35.1 Å². The summed E-state index contributed by atoms with van der Waals surface area (Å²) in [5.41, 5.74) is 5.84. The molecule has 0 saturated heterocycles. The Hall–Kier alpha value is -2.04. The molecule has 0 spiro atoms. The van der Waals surface area contributed by atoms with E-state index in [1.165, 1.54) is 11.3 Å². The number of benzene rings is 1. The Bertz CT molecular complexity index is 691. The highest BCUT2D eigenvalue weighted by Crippen LogP contribution is 2.28. The second kappa shape index (κ2) is 6.61. The SMILES string of the molecule is NCC#Cc1ccsc1COc1c(F)c(F)cc(F)c1F. The lowest BCUT2D eigenvalue weighted by molar-refractivity contribution is 0.264. The Balaban J connectivity index is 2.23. The smallest absolute Gasteiger partial charge is 0.203 e. The maximum Gasteiger partial charge on any atom is 0.203 e. The number of nitrogens with two attached hydrogens (primary N) is 1. The molecular formula is C14H9F4NOS. The topological polar surface area (TPSA) is 35.2 Å². The summed E-state index contributed by atoms with van der Waals surface area (Å²) in [6.07, 6.45) is 0. The van der Waals surface area contributed by atoms with Gasteiger partial charge in [0, 0.05) is 11.6 Å². The van der Waals surface area contributed by atoms with Gasteiger partial charge in [-0.15, -0.1) is 11.3 Å². The van der Waals surface area contributed by atoms with Gasteiger partial charge in [0.25, 0.3) is 0 Å². The maximum atomic E-state index is 13.4. The Morgan fingerprint density at radius 2 is 1.81 bits per heavy atom. The highest BCUT2D eigenvalue weighted by molar-refractivity contribution is 7.10. The van der Waals surface area contributed by atoms with Gasteiger partial charge in [-0.3, -0.25) is 0 Å². The van der Waals surface area contributed by atoms with Crippen LogP contribution in [0.15, 0.2) is 17.5 Å². The molecule has 1 aromatic heterocycles. The lowest BCUT2D eigenvalue weighted by Crippen LogP contribution is -2.03. The molecule has 0 radical (unpaired) electrons. The third-order valence-corrected chi connectivity index (χ3v) is 3.38. The van der Waals surface area contributed by atoms with Crippen LogP contribution in [0.3, 0.4) is 0 Å². The van der Waals surface area contributed by atoms with Crippen molar-refractivity contribution < 1.29 is 22.3 Å². The molecule has 0 saturated carbocycles. The van der Waals surface area contributed by atoms with Crippen LogP contribution in [0.25, 0.3) is 0 Å². The van der Waals surface area contributed by atoms with E-state index >= 15 is 0 Å². The standard InChI is InChI=1S/C14H9F4NOS/c15-9-6-10(16)13(18)14(12(9)17)20-7-11-8(2-1-4-19)3-5-21-11/h3,5-6H,4,7,19H2. The van der Waals surface area contributed by atoms with Gasteiger partial charge in [0.05, 0.1) is 11.4 Å². The van der Waals surface area contributed by atoms with Crippen LogP contribution >= 0.6 is 11.3 Å². The molecule has 0 bridgehead atoms. The summed E-state index contributed by atoms with van der Waals surface area (Å²) in [4.78, 5) is 0.569. The molecule has 2 aromatic rings. The van der Waals surface area contributed by atoms with E-state index in [1.807, 2.05) is 0 Å². The van der Waals surface area contributed by atoms with Crippen molar-refractivity contribution in [1.29, 1.82) is 0 Å². The first-order valence-electron chi connectivity index (χ1n) is 5.75. The van der Waals surface area contributed by atoms with Crippen molar-refractivity contribution in [2.45, 2.75) is 6.61 Å². The van der Waals surface area contributed by atoms with Crippen LogP contribution in [-0.2, 0) is 6.61 Å². The normalized spacial score (nSPS) is 10.1. The molecule has 21 heavy (non-hydrogen) atoms. The largest absolute Gasteiger partial charge is 0.482 e. The third-order valence-electron chi connectivity index (χ3n) is 2.49. The number of thiophene rings is 1. The van der Waals surface area contributed by atoms with Crippen LogP contribution in [0.5, 0.6) is 5.75 Å². The fraction of sp³-hybridized carbons (Fsp3) is 0.143. The minimum Gasteiger partial charge on any atom is -0.482 e. The van der Waals surface area contributed by atoms with Crippen LogP contribution in [-0.4, -0.2) is 6.54 Å². The molecule has 0 aliphatic heterocycles. The first kappa shape index (κ1) is 15.4. The average Bonchev–Trinajstić information content (AvgIpc) is 2.90. The van der Waals surface area contributed by atoms with E-state index < -0.39 is 29.0 Å². The van der Waals surface area contributed by atoms with Gasteiger partial charge in [0.2, 0.25) is 11.6 Å². The third kappa shape index (κ3) is 3.35. The van der Waals surface area contributed by atoms with Crippen molar-refractivity contribution in [2.24, 2.45) is 5.73 Å². The van der Waals surface area contributed by atoms with E-state index in [0.717, 1.165) is 0 Å². The number of halogens is 4. The molecule has 1 heterocycles. The van der Waals surface area contributed by atoms with Gasteiger partial charge in [-0.25, -0.2) is 8.78 Å². The van der Waals surface area contributed by atoms with E-state index in [0.29, 0.717) is 10.4 Å². The predicted octanol–water partition coefficient (Wildman–Crippen LogP) is 3.19. The van der Waals surface area contributed by atoms with Crippen LogP contribution in [0.1, 0.15) is 10.4 Å². The molecule has 0 amide bonds. The van der Waals surface area contributed by atoms with Gasteiger partial charge >= 0.3 is 0 Å². The van der Waals surface area contributed by atoms with E-state index in [4.69, 9.17) is 10.5 Å². The van der Waals surface area contributed by atoms with E-state index in [1.54, 1.807) is 11.4 Å². The van der Waals surface area contributed by atoms with E-state index in [9.17, 15) is 17.6 Å². The summed E-state index contributed by atoms with van der Waals surface area (Å²) in [5.74, 6) is -1.86. The molecule has 110 valence electrons. The summed E-state index contributed by atoms with van der Waals surface area (Å²) < 4.78 is 57.8. The minimum absolute atomic E-state index is 0.126. The number of ether oxygens (including phenoxy) is 1. The van der Waals surface area contributed by atoms with Crippen molar-refractivity contribution in [2.75, 3.05) is 6.54 Å². The van der Waals surface area contributed by atoms with Gasteiger partial charge in [0.15, 0.2) is 17.4 Å². The highest BCUT2D eigenvalue weighted by atomic mass is 32.1. The zero-order valence-electron chi connectivity index (χ0n) is 10.6. The van der Waals surface area contributed by atoms with Gasteiger partial charge in [-0.05, 0) is 11.4 Å². The van der Waals surface area contributed by atoms with Gasteiger partial charge in [-0.1, -0.05) is 11.8 Å². The molecule has 0 aliphatic rings. The Kier molecular flexibility index (Phi) is 4.83. The molecule has 0 fully saturated rings. The summed E-state index contributed by atoms with van der Waals surface area (Å²) in [7, 11) is 0. The molecule has 2 N–H and O–H groups in total.